The Hall–Kier alpha value is -0.970. The molecule has 20 heavy (non-hydrogen) atoms. The van der Waals surface area contributed by atoms with Gasteiger partial charge in [0.1, 0.15) is 5.69 Å². The molecule has 1 N–H and O–H groups in total. The van der Waals surface area contributed by atoms with Crippen LogP contribution in [0.4, 0.5) is 14.5 Å². The zero-order valence-corrected chi connectivity index (χ0v) is 13.8. The molecule has 0 saturated carbocycles. The van der Waals surface area contributed by atoms with Crippen LogP contribution in [0.25, 0.3) is 0 Å². The number of anilines is 1. The first-order valence-corrected chi connectivity index (χ1v) is 7.32. The molecule has 0 spiro atoms. The first kappa shape index (κ1) is 17.1. The molecule has 0 fully saturated rings. The van der Waals surface area contributed by atoms with Gasteiger partial charge in [-0.2, -0.15) is 0 Å². The minimum atomic E-state index is -0.784. The number of carbonyl (C=O) groups excluding carboxylic acids is 1. The van der Waals surface area contributed by atoms with Gasteiger partial charge >= 0.3 is 0 Å². The molecule has 5 heteroatoms. The second-order valence-electron chi connectivity index (χ2n) is 6.37. The summed E-state index contributed by atoms with van der Waals surface area (Å²) in [5, 5.41) is 2.31. The molecule has 112 valence electrons. The van der Waals surface area contributed by atoms with Crippen LogP contribution in [0.15, 0.2) is 16.6 Å². The van der Waals surface area contributed by atoms with Crippen molar-refractivity contribution in [3.8, 4) is 0 Å². The molecule has 1 rings (SSSR count). The van der Waals surface area contributed by atoms with E-state index < -0.39 is 11.6 Å². The molecule has 1 atom stereocenters. The van der Waals surface area contributed by atoms with Crippen LogP contribution in [0, 0.1) is 23.0 Å². The van der Waals surface area contributed by atoms with E-state index in [1.165, 1.54) is 0 Å². The molecule has 0 aliphatic carbocycles. The maximum Gasteiger partial charge on any atom is 0.224 e. The molecule has 0 aliphatic heterocycles. The Kier molecular flexibility index (Phi) is 5.68. The number of halogens is 3. The lowest BCUT2D eigenvalue weighted by Crippen LogP contribution is -2.20. The Bertz CT molecular complexity index is 474. The van der Waals surface area contributed by atoms with Gasteiger partial charge in [0.25, 0.3) is 0 Å². The second-order valence-corrected chi connectivity index (χ2v) is 7.28. The lowest BCUT2D eigenvalue weighted by Gasteiger charge is -2.22. The van der Waals surface area contributed by atoms with Crippen LogP contribution in [-0.4, -0.2) is 5.91 Å². The van der Waals surface area contributed by atoms with E-state index in [0.717, 1.165) is 18.6 Å². The van der Waals surface area contributed by atoms with Gasteiger partial charge in [-0.1, -0.05) is 43.6 Å². The normalized spacial score (nSPS) is 13.2. The molecule has 2 nitrogen and oxygen atoms in total. The zero-order valence-electron chi connectivity index (χ0n) is 12.2. The average molecular weight is 348 g/mol. The van der Waals surface area contributed by atoms with Crippen molar-refractivity contribution < 1.29 is 13.6 Å². The van der Waals surface area contributed by atoms with Crippen molar-refractivity contribution in [1.82, 2.24) is 0 Å². The second kappa shape index (κ2) is 6.66. The molecular formula is C15H20BrF2NO. The highest BCUT2D eigenvalue weighted by Crippen LogP contribution is 2.27. The molecule has 1 aromatic rings. The number of amides is 1. The van der Waals surface area contributed by atoms with Crippen LogP contribution in [0.5, 0.6) is 0 Å². The predicted molar refractivity (Wildman–Crippen MR) is 80.5 cm³/mol. The van der Waals surface area contributed by atoms with Gasteiger partial charge in [0.2, 0.25) is 5.91 Å². The molecule has 0 bridgehead atoms. The minimum absolute atomic E-state index is 0.119. The van der Waals surface area contributed by atoms with Gasteiger partial charge in [0, 0.05) is 10.9 Å². The lowest BCUT2D eigenvalue weighted by atomic mass is 9.84. The molecule has 1 amide bonds. The van der Waals surface area contributed by atoms with Crippen molar-refractivity contribution in [2.24, 2.45) is 11.3 Å². The summed E-state index contributed by atoms with van der Waals surface area (Å²) in [7, 11) is 0. The molecule has 0 heterocycles. The average Bonchev–Trinajstić information content (AvgIpc) is 2.20. The Balaban J connectivity index is 2.68. The molecule has 0 saturated heterocycles. The molecule has 0 aromatic heterocycles. The third kappa shape index (κ3) is 5.57. The van der Waals surface area contributed by atoms with Crippen molar-refractivity contribution in [3.63, 3.8) is 0 Å². The molecule has 0 aliphatic rings. The first-order chi connectivity index (χ1) is 9.08. The fourth-order valence-electron chi connectivity index (χ4n) is 2.29. The van der Waals surface area contributed by atoms with E-state index in [0.29, 0.717) is 4.47 Å². The minimum Gasteiger partial charge on any atom is -0.321 e. The van der Waals surface area contributed by atoms with Crippen LogP contribution in [0.2, 0.25) is 0 Å². The van der Waals surface area contributed by atoms with E-state index >= 15 is 0 Å². The largest absolute Gasteiger partial charge is 0.321 e. The summed E-state index contributed by atoms with van der Waals surface area (Å²) in [6.07, 6.45) is 1.11. The predicted octanol–water partition coefficient (Wildman–Crippen LogP) is 5.13. The van der Waals surface area contributed by atoms with Crippen LogP contribution < -0.4 is 5.32 Å². The highest BCUT2D eigenvalue weighted by atomic mass is 79.9. The first-order valence-electron chi connectivity index (χ1n) is 6.53. The molecular weight excluding hydrogens is 328 g/mol. The van der Waals surface area contributed by atoms with Gasteiger partial charge in [-0.15, -0.1) is 0 Å². The maximum atomic E-state index is 13.6. The van der Waals surface area contributed by atoms with Gasteiger partial charge in [0.15, 0.2) is 11.6 Å². The van der Waals surface area contributed by atoms with Gasteiger partial charge in [-0.05, 0) is 29.9 Å². The van der Waals surface area contributed by atoms with Crippen LogP contribution in [-0.2, 0) is 4.79 Å². The maximum absolute atomic E-state index is 13.6. The Morgan fingerprint density at radius 2 is 1.80 bits per heavy atom. The summed E-state index contributed by atoms with van der Waals surface area (Å²) >= 11 is 2.99. The third-order valence-corrected chi connectivity index (χ3v) is 3.22. The van der Waals surface area contributed by atoms with Gasteiger partial charge in [-0.3, -0.25) is 4.79 Å². The Labute approximate surface area is 127 Å². The van der Waals surface area contributed by atoms with E-state index in [1.807, 2.05) is 6.92 Å². The highest BCUT2D eigenvalue weighted by molar-refractivity contribution is 9.10. The summed E-state index contributed by atoms with van der Waals surface area (Å²) in [6, 6.07) is 2.24. The summed E-state index contributed by atoms with van der Waals surface area (Å²) < 4.78 is 27.5. The van der Waals surface area contributed by atoms with E-state index in [2.05, 4.69) is 42.0 Å². The number of rotatable bonds is 4. The topological polar surface area (TPSA) is 29.1 Å². The smallest absolute Gasteiger partial charge is 0.224 e. The summed E-state index contributed by atoms with van der Waals surface area (Å²) in [6.45, 7) is 8.24. The van der Waals surface area contributed by atoms with E-state index in [9.17, 15) is 13.6 Å². The number of carbonyl (C=O) groups is 1. The fraction of sp³-hybridized carbons (Fsp3) is 0.533. The van der Waals surface area contributed by atoms with Crippen LogP contribution in [0.1, 0.15) is 40.5 Å². The van der Waals surface area contributed by atoms with Crippen molar-refractivity contribution >= 4 is 27.5 Å². The third-order valence-electron chi connectivity index (χ3n) is 2.77. The van der Waals surface area contributed by atoms with Gasteiger partial charge in [-0.25, -0.2) is 8.78 Å². The Morgan fingerprint density at radius 1 is 1.30 bits per heavy atom. The van der Waals surface area contributed by atoms with E-state index in [1.54, 1.807) is 0 Å². The summed E-state index contributed by atoms with van der Waals surface area (Å²) in [5.74, 6) is -1.79. The summed E-state index contributed by atoms with van der Waals surface area (Å²) in [5.41, 5.74) is -0.269. The number of nitrogens with one attached hydrogen (secondary N) is 1. The lowest BCUT2D eigenvalue weighted by molar-refractivity contribution is -0.117. The van der Waals surface area contributed by atoms with Crippen molar-refractivity contribution in [2.45, 2.75) is 40.5 Å². The molecule has 0 radical (unpaired) electrons. The SMILES string of the molecule is CC(CC(=O)Nc1c(F)cc(Br)cc1F)CC(C)(C)C. The summed E-state index contributed by atoms with van der Waals surface area (Å²) in [4.78, 5) is 11.8. The fourth-order valence-corrected chi connectivity index (χ4v) is 2.69. The number of hydrogen-bond acceptors (Lipinski definition) is 1. The Morgan fingerprint density at radius 3 is 2.25 bits per heavy atom. The quantitative estimate of drug-likeness (QED) is 0.803. The number of benzene rings is 1. The van der Waals surface area contributed by atoms with E-state index in [4.69, 9.17) is 0 Å². The van der Waals surface area contributed by atoms with Crippen LogP contribution >= 0.6 is 15.9 Å². The molecule has 1 aromatic carbocycles. The highest BCUT2D eigenvalue weighted by Gasteiger charge is 2.19. The standard InChI is InChI=1S/C15H20BrF2NO/c1-9(8-15(2,3)4)5-13(20)19-14-11(17)6-10(16)7-12(14)18/h6-7,9H,5,8H2,1-4H3,(H,19,20). The van der Waals surface area contributed by atoms with Crippen molar-refractivity contribution in [3.05, 3.63) is 28.2 Å². The van der Waals surface area contributed by atoms with Gasteiger partial charge < -0.3 is 5.32 Å². The van der Waals surface area contributed by atoms with Crippen molar-refractivity contribution in [1.29, 1.82) is 0 Å². The number of hydrogen-bond donors (Lipinski definition) is 1. The van der Waals surface area contributed by atoms with Gasteiger partial charge in [0.05, 0.1) is 0 Å². The monoisotopic (exact) mass is 347 g/mol. The zero-order chi connectivity index (χ0) is 15.5. The van der Waals surface area contributed by atoms with E-state index in [-0.39, 0.29) is 29.3 Å². The van der Waals surface area contributed by atoms with Crippen molar-refractivity contribution in [2.75, 3.05) is 5.32 Å². The molecule has 1 unspecified atom stereocenters. The van der Waals surface area contributed by atoms with Crippen LogP contribution in [0.3, 0.4) is 0 Å².